The SMILES string of the molecule is CC(=O)C[C@@](C)(/C=C/c1ccccc1)c1ccc(Br)cc1. The average Bonchev–Trinajstić information content (AvgIpc) is 2.46. The van der Waals surface area contributed by atoms with Crippen LogP contribution in [0.15, 0.2) is 65.1 Å². The molecular formula is C19H19BrO. The Kier molecular flexibility index (Phi) is 5.13. The van der Waals surface area contributed by atoms with Crippen LogP contribution in [0.1, 0.15) is 31.4 Å². The smallest absolute Gasteiger partial charge is 0.131 e. The number of ketones is 1. The Morgan fingerprint density at radius 3 is 2.29 bits per heavy atom. The number of hydrogen-bond acceptors (Lipinski definition) is 1. The van der Waals surface area contributed by atoms with Crippen LogP contribution in [0, 0.1) is 0 Å². The summed E-state index contributed by atoms with van der Waals surface area (Å²) in [5.74, 6) is 0.193. The summed E-state index contributed by atoms with van der Waals surface area (Å²) in [6.07, 6.45) is 4.72. The van der Waals surface area contributed by atoms with E-state index in [2.05, 4.69) is 59.3 Å². The monoisotopic (exact) mass is 342 g/mol. The molecule has 0 N–H and O–H groups in total. The minimum absolute atomic E-state index is 0.193. The number of allylic oxidation sites excluding steroid dienone is 1. The lowest BCUT2D eigenvalue weighted by Gasteiger charge is -2.25. The van der Waals surface area contributed by atoms with Crippen molar-refractivity contribution in [1.82, 2.24) is 0 Å². The van der Waals surface area contributed by atoms with Crippen molar-refractivity contribution in [2.45, 2.75) is 25.7 Å². The third-order valence-corrected chi connectivity index (χ3v) is 4.09. The summed E-state index contributed by atoms with van der Waals surface area (Å²) in [5, 5.41) is 0. The fourth-order valence-electron chi connectivity index (χ4n) is 2.45. The number of hydrogen-bond donors (Lipinski definition) is 0. The first kappa shape index (κ1) is 15.7. The summed E-state index contributed by atoms with van der Waals surface area (Å²) in [4.78, 5) is 11.7. The first-order valence-corrected chi connectivity index (χ1v) is 7.79. The Balaban J connectivity index is 2.35. The molecule has 0 aliphatic heterocycles. The molecule has 2 aromatic rings. The summed E-state index contributed by atoms with van der Waals surface area (Å²) < 4.78 is 1.04. The molecule has 0 fully saturated rings. The molecule has 2 rings (SSSR count). The van der Waals surface area contributed by atoms with E-state index < -0.39 is 0 Å². The van der Waals surface area contributed by atoms with Crippen molar-refractivity contribution < 1.29 is 4.79 Å². The van der Waals surface area contributed by atoms with Gasteiger partial charge in [-0.2, -0.15) is 0 Å². The molecule has 0 spiro atoms. The minimum atomic E-state index is -0.289. The first-order valence-electron chi connectivity index (χ1n) is 6.99. The van der Waals surface area contributed by atoms with E-state index in [1.54, 1.807) is 6.92 Å². The molecule has 2 heteroatoms. The highest BCUT2D eigenvalue weighted by Gasteiger charge is 2.25. The molecular weight excluding hydrogens is 324 g/mol. The molecule has 0 unspecified atom stereocenters. The highest BCUT2D eigenvalue weighted by atomic mass is 79.9. The standard InChI is InChI=1S/C19H19BrO/c1-15(21)14-19(2,17-8-10-18(20)11-9-17)13-12-16-6-4-3-5-7-16/h3-13H,14H2,1-2H3/b13-12+/t19-/m1/s1. The largest absolute Gasteiger partial charge is 0.300 e. The van der Waals surface area contributed by atoms with Gasteiger partial charge in [-0.15, -0.1) is 0 Å². The van der Waals surface area contributed by atoms with E-state index in [-0.39, 0.29) is 11.2 Å². The van der Waals surface area contributed by atoms with Crippen LogP contribution in [0.25, 0.3) is 6.08 Å². The van der Waals surface area contributed by atoms with E-state index in [0.29, 0.717) is 6.42 Å². The van der Waals surface area contributed by atoms with Crippen LogP contribution in [0.5, 0.6) is 0 Å². The maximum atomic E-state index is 11.7. The molecule has 0 radical (unpaired) electrons. The second-order valence-corrected chi connectivity index (χ2v) is 6.46. The molecule has 2 aromatic carbocycles. The quantitative estimate of drug-likeness (QED) is 0.710. The van der Waals surface area contributed by atoms with Gasteiger partial charge in [0, 0.05) is 16.3 Å². The number of carbonyl (C=O) groups excluding carboxylic acids is 1. The Bertz CT molecular complexity index is 628. The fourth-order valence-corrected chi connectivity index (χ4v) is 2.71. The van der Waals surface area contributed by atoms with E-state index in [0.717, 1.165) is 15.6 Å². The molecule has 0 saturated carbocycles. The molecule has 21 heavy (non-hydrogen) atoms. The average molecular weight is 343 g/mol. The molecule has 0 aromatic heterocycles. The first-order chi connectivity index (χ1) is 9.99. The van der Waals surface area contributed by atoms with Gasteiger partial charge in [-0.05, 0) is 30.2 Å². The molecule has 1 nitrogen and oxygen atoms in total. The van der Waals surface area contributed by atoms with Gasteiger partial charge in [-0.3, -0.25) is 4.79 Å². The Morgan fingerprint density at radius 2 is 1.71 bits per heavy atom. The van der Waals surface area contributed by atoms with Crippen LogP contribution in [0.3, 0.4) is 0 Å². The normalized spacial score (nSPS) is 14.0. The highest BCUT2D eigenvalue weighted by molar-refractivity contribution is 9.10. The zero-order valence-corrected chi connectivity index (χ0v) is 13.9. The molecule has 0 heterocycles. The lowest BCUT2D eigenvalue weighted by atomic mass is 9.78. The molecule has 0 saturated heterocycles. The number of benzene rings is 2. The van der Waals surface area contributed by atoms with E-state index in [9.17, 15) is 4.79 Å². The van der Waals surface area contributed by atoms with Gasteiger partial charge in [0.15, 0.2) is 0 Å². The lowest BCUT2D eigenvalue weighted by molar-refractivity contribution is -0.117. The van der Waals surface area contributed by atoms with Gasteiger partial charge in [-0.25, -0.2) is 0 Å². The van der Waals surface area contributed by atoms with Crippen LogP contribution >= 0.6 is 15.9 Å². The van der Waals surface area contributed by atoms with Crippen molar-refractivity contribution in [1.29, 1.82) is 0 Å². The minimum Gasteiger partial charge on any atom is -0.300 e. The fraction of sp³-hybridized carbons (Fsp3) is 0.211. The maximum Gasteiger partial charge on any atom is 0.131 e. The van der Waals surface area contributed by atoms with Crippen LogP contribution < -0.4 is 0 Å². The summed E-state index contributed by atoms with van der Waals surface area (Å²) in [5.41, 5.74) is 2.00. The summed E-state index contributed by atoms with van der Waals surface area (Å²) in [6.45, 7) is 3.75. The van der Waals surface area contributed by atoms with E-state index in [4.69, 9.17) is 0 Å². The number of rotatable bonds is 5. The van der Waals surface area contributed by atoms with Gasteiger partial charge in [0.25, 0.3) is 0 Å². The predicted molar refractivity (Wildman–Crippen MR) is 92.3 cm³/mol. The lowest BCUT2D eigenvalue weighted by Crippen LogP contribution is -2.22. The molecule has 0 aliphatic rings. The van der Waals surface area contributed by atoms with Gasteiger partial charge in [-0.1, -0.05) is 77.5 Å². The maximum absolute atomic E-state index is 11.7. The van der Waals surface area contributed by atoms with E-state index in [1.165, 1.54) is 0 Å². The summed E-state index contributed by atoms with van der Waals surface area (Å²) in [6, 6.07) is 18.3. The van der Waals surface area contributed by atoms with Crippen molar-refractivity contribution in [2.75, 3.05) is 0 Å². The van der Waals surface area contributed by atoms with Crippen molar-refractivity contribution in [3.8, 4) is 0 Å². The topological polar surface area (TPSA) is 17.1 Å². The van der Waals surface area contributed by atoms with Gasteiger partial charge in [0.05, 0.1) is 0 Å². The third-order valence-electron chi connectivity index (χ3n) is 3.56. The van der Waals surface area contributed by atoms with Crippen molar-refractivity contribution in [3.63, 3.8) is 0 Å². The van der Waals surface area contributed by atoms with Crippen molar-refractivity contribution in [2.24, 2.45) is 0 Å². The second-order valence-electron chi connectivity index (χ2n) is 5.55. The Hall–Kier alpha value is -1.67. The van der Waals surface area contributed by atoms with Gasteiger partial charge in [0.1, 0.15) is 5.78 Å². The van der Waals surface area contributed by atoms with E-state index >= 15 is 0 Å². The molecule has 0 aliphatic carbocycles. The zero-order chi connectivity index (χ0) is 15.3. The molecule has 0 bridgehead atoms. The number of halogens is 1. The highest BCUT2D eigenvalue weighted by Crippen LogP contribution is 2.31. The summed E-state index contributed by atoms with van der Waals surface area (Å²) >= 11 is 3.45. The van der Waals surface area contributed by atoms with Crippen molar-refractivity contribution in [3.05, 3.63) is 76.3 Å². The molecule has 108 valence electrons. The van der Waals surface area contributed by atoms with Crippen LogP contribution in [-0.2, 0) is 10.2 Å². The Morgan fingerprint density at radius 1 is 1.10 bits per heavy atom. The Labute approximate surface area is 134 Å². The van der Waals surface area contributed by atoms with Gasteiger partial charge >= 0.3 is 0 Å². The zero-order valence-electron chi connectivity index (χ0n) is 12.3. The summed E-state index contributed by atoms with van der Waals surface area (Å²) in [7, 11) is 0. The third kappa shape index (κ3) is 4.40. The number of carbonyl (C=O) groups is 1. The predicted octanol–water partition coefficient (Wildman–Crippen LogP) is 5.40. The van der Waals surface area contributed by atoms with Gasteiger partial charge in [0.2, 0.25) is 0 Å². The van der Waals surface area contributed by atoms with Crippen LogP contribution in [0.4, 0.5) is 0 Å². The van der Waals surface area contributed by atoms with Crippen LogP contribution in [-0.4, -0.2) is 5.78 Å². The van der Waals surface area contributed by atoms with Gasteiger partial charge < -0.3 is 0 Å². The van der Waals surface area contributed by atoms with Crippen LogP contribution in [0.2, 0.25) is 0 Å². The van der Waals surface area contributed by atoms with E-state index in [1.807, 2.05) is 30.3 Å². The second kappa shape index (κ2) is 6.86. The van der Waals surface area contributed by atoms with Crippen molar-refractivity contribution >= 4 is 27.8 Å². The molecule has 0 amide bonds. The molecule has 1 atom stereocenters. The number of Topliss-reactive ketones (excluding diaryl/α,β-unsaturated/α-hetero) is 1.